The maximum Gasteiger partial charge on any atom is 0.330 e. The summed E-state index contributed by atoms with van der Waals surface area (Å²) in [6.07, 6.45) is -6.52. The Labute approximate surface area is 211 Å². The Hall–Kier alpha value is -2.75. The van der Waals surface area contributed by atoms with Crippen molar-refractivity contribution in [3.8, 4) is 11.5 Å². The number of aliphatic hydroxyl groups is 6. The number of phenolic OH excluding ortho intramolecular Hbond substituents is 2. The van der Waals surface area contributed by atoms with Gasteiger partial charge >= 0.3 is 5.97 Å². The maximum absolute atomic E-state index is 12.1. The van der Waals surface area contributed by atoms with Crippen molar-refractivity contribution in [2.75, 3.05) is 6.61 Å². The summed E-state index contributed by atoms with van der Waals surface area (Å²) in [7, 11) is 0. The van der Waals surface area contributed by atoms with E-state index in [2.05, 4.69) is 0 Å². The second-order valence-electron chi connectivity index (χ2n) is 9.61. The molecule has 0 radical (unpaired) electrons. The molecule has 10 atom stereocenters. The van der Waals surface area contributed by atoms with Gasteiger partial charge in [-0.25, -0.2) is 4.79 Å². The number of hydrogen-bond donors (Lipinski definition) is 8. The van der Waals surface area contributed by atoms with E-state index < -0.39 is 72.8 Å². The van der Waals surface area contributed by atoms with Crippen molar-refractivity contribution >= 4 is 12.0 Å². The van der Waals surface area contributed by atoms with Gasteiger partial charge in [-0.1, -0.05) is 6.07 Å². The summed E-state index contributed by atoms with van der Waals surface area (Å²) in [6.45, 7) is 0.827. The summed E-state index contributed by atoms with van der Waals surface area (Å²) >= 11 is 0. The van der Waals surface area contributed by atoms with Gasteiger partial charge in [-0.05, 0) is 36.8 Å². The number of phenols is 2. The lowest BCUT2D eigenvalue weighted by Gasteiger charge is -2.45. The van der Waals surface area contributed by atoms with Crippen molar-refractivity contribution in [1.82, 2.24) is 0 Å². The predicted octanol–water partition coefficient (Wildman–Crippen LogP) is -1.79. The van der Waals surface area contributed by atoms with Crippen molar-refractivity contribution in [1.29, 1.82) is 0 Å². The Balaban J connectivity index is 1.40. The average molecular weight is 526 g/mol. The van der Waals surface area contributed by atoms with Crippen LogP contribution in [0.25, 0.3) is 6.08 Å². The lowest BCUT2D eigenvalue weighted by molar-refractivity contribution is -0.351. The van der Waals surface area contributed by atoms with Gasteiger partial charge in [0.2, 0.25) is 6.29 Å². The SMILES string of the molecule is C[C@]1(O)C[C@@H](O)[C@]2(O)C=CO[C@@H](O[C@@H]3O[C@H](COC(=O)/C=C/c4ccc(O)c(O)c4)[C@@H](O)[C@H](O)[C@H]3O)[C@@H]21. The van der Waals surface area contributed by atoms with Crippen LogP contribution in [0.4, 0.5) is 0 Å². The van der Waals surface area contributed by atoms with Crippen LogP contribution < -0.4 is 0 Å². The largest absolute Gasteiger partial charge is 0.504 e. The first kappa shape index (κ1) is 27.3. The van der Waals surface area contributed by atoms with Crippen LogP contribution in [-0.2, 0) is 23.7 Å². The van der Waals surface area contributed by atoms with Crippen LogP contribution >= 0.6 is 0 Å². The number of carbonyl (C=O) groups excluding carboxylic acids is 1. The second-order valence-corrected chi connectivity index (χ2v) is 9.61. The van der Waals surface area contributed by atoms with Crippen molar-refractivity contribution in [3.05, 3.63) is 42.2 Å². The van der Waals surface area contributed by atoms with Gasteiger partial charge in [0.25, 0.3) is 0 Å². The molecule has 0 spiro atoms. The molecule has 0 bridgehead atoms. The summed E-state index contributed by atoms with van der Waals surface area (Å²) in [5.74, 6) is -2.76. The normalized spacial score (nSPS) is 41.4. The van der Waals surface area contributed by atoms with Crippen LogP contribution in [0.1, 0.15) is 18.9 Å². The van der Waals surface area contributed by atoms with Crippen LogP contribution in [0.2, 0.25) is 0 Å². The minimum Gasteiger partial charge on any atom is -0.504 e. The average Bonchev–Trinajstić information content (AvgIpc) is 3.03. The zero-order chi connectivity index (χ0) is 27.1. The molecule has 0 aromatic heterocycles. The highest BCUT2D eigenvalue weighted by Crippen LogP contribution is 2.49. The molecular formula is C24H30O13. The Morgan fingerprint density at radius 1 is 1.08 bits per heavy atom. The number of aromatic hydroxyl groups is 2. The van der Waals surface area contributed by atoms with Gasteiger partial charge in [0.1, 0.15) is 36.6 Å². The van der Waals surface area contributed by atoms with Gasteiger partial charge in [-0.2, -0.15) is 0 Å². The smallest absolute Gasteiger partial charge is 0.330 e. The molecule has 8 N–H and O–H groups in total. The molecule has 37 heavy (non-hydrogen) atoms. The predicted molar refractivity (Wildman–Crippen MR) is 121 cm³/mol. The van der Waals surface area contributed by atoms with Crippen molar-refractivity contribution < 1.29 is 64.6 Å². The highest BCUT2D eigenvalue weighted by molar-refractivity contribution is 5.87. The number of aliphatic hydroxyl groups excluding tert-OH is 4. The van der Waals surface area contributed by atoms with Gasteiger partial charge < -0.3 is 59.8 Å². The number of esters is 1. The van der Waals surface area contributed by atoms with Crippen LogP contribution in [0.3, 0.4) is 0 Å². The number of carbonyl (C=O) groups is 1. The van der Waals surface area contributed by atoms with E-state index in [9.17, 15) is 45.6 Å². The minimum absolute atomic E-state index is 0.188. The summed E-state index contributed by atoms with van der Waals surface area (Å²) in [4.78, 5) is 12.1. The Bertz CT molecular complexity index is 1060. The molecule has 3 aliphatic rings. The molecule has 2 fully saturated rings. The zero-order valence-electron chi connectivity index (χ0n) is 19.7. The van der Waals surface area contributed by atoms with Crippen molar-refractivity contribution in [3.63, 3.8) is 0 Å². The molecule has 1 aromatic carbocycles. The Kier molecular flexibility index (Phi) is 7.52. The molecule has 0 amide bonds. The number of benzene rings is 1. The fourth-order valence-electron chi connectivity index (χ4n) is 4.85. The summed E-state index contributed by atoms with van der Waals surface area (Å²) < 4.78 is 21.6. The van der Waals surface area contributed by atoms with Gasteiger partial charge in [-0.15, -0.1) is 0 Å². The number of ether oxygens (including phenoxy) is 4. The van der Waals surface area contributed by atoms with Gasteiger partial charge in [0.05, 0.1) is 23.9 Å². The van der Waals surface area contributed by atoms with Crippen LogP contribution in [0, 0.1) is 5.92 Å². The number of fused-ring (bicyclic) bond motifs is 1. The van der Waals surface area contributed by atoms with E-state index in [1.54, 1.807) is 0 Å². The summed E-state index contributed by atoms with van der Waals surface area (Å²) in [6, 6.07) is 3.89. The second kappa shape index (κ2) is 10.2. The third-order valence-corrected chi connectivity index (χ3v) is 6.87. The molecule has 0 unspecified atom stereocenters. The van der Waals surface area contributed by atoms with E-state index in [0.29, 0.717) is 5.56 Å². The topological polar surface area (TPSA) is 216 Å². The number of rotatable bonds is 6. The molecule has 13 nitrogen and oxygen atoms in total. The van der Waals surface area contributed by atoms with Crippen LogP contribution in [-0.4, -0.2) is 108 Å². The Morgan fingerprint density at radius 2 is 1.81 bits per heavy atom. The fourth-order valence-corrected chi connectivity index (χ4v) is 4.85. The first-order chi connectivity index (χ1) is 17.3. The Morgan fingerprint density at radius 3 is 2.51 bits per heavy atom. The van der Waals surface area contributed by atoms with Crippen molar-refractivity contribution in [2.45, 2.75) is 67.6 Å². The molecule has 1 aromatic rings. The van der Waals surface area contributed by atoms with Crippen LogP contribution in [0.5, 0.6) is 11.5 Å². The van der Waals surface area contributed by atoms with Crippen LogP contribution in [0.15, 0.2) is 36.6 Å². The molecule has 1 saturated heterocycles. The quantitative estimate of drug-likeness (QED) is 0.117. The van der Waals surface area contributed by atoms with Gasteiger partial charge in [0, 0.05) is 12.5 Å². The minimum atomic E-state index is -1.89. The van der Waals surface area contributed by atoms with Gasteiger partial charge in [-0.3, -0.25) is 0 Å². The zero-order valence-corrected chi connectivity index (χ0v) is 19.7. The van der Waals surface area contributed by atoms with E-state index >= 15 is 0 Å². The van der Waals surface area contributed by atoms with Crippen molar-refractivity contribution in [2.24, 2.45) is 5.92 Å². The summed E-state index contributed by atoms with van der Waals surface area (Å²) in [5, 5.41) is 81.8. The molecule has 1 aliphatic carbocycles. The maximum atomic E-state index is 12.1. The molecule has 2 aliphatic heterocycles. The molecule has 2 heterocycles. The van der Waals surface area contributed by atoms with E-state index in [4.69, 9.17) is 18.9 Å². The monoisotopic (exact) mass is 526 g/mol. The van der Waals surface area contributed by atoms with E-state index in [0.717, 1.165) is 12.3 Å². The highest BCUT2D eigenvalue weighted by atomic mass is 16.8. The third-order valence-electron chi connectivity index (χ3n) is 6.87. The first-order valence-electron chi connectivity index (χ1n) is 11.5. The third kappa shape index (κ3) is 5.30. The van der Waals surface area contributed by atoms with Gasteiger partial charge in [0.15, 0.2) is 17.8 Å². The molecule has 13 heteroatoms. The summed E-state index contributed by atoms with van der Waals surface area (Å²) in [5.41, 5.74) is -3.13. The first-order valence-corrected chi connectivity index (χ1v) is 11.5. The number of hydrogen-bond acceptors (Lipinski definition) is 13. The van der Waals surface area contributed by atoms with E-state index in [-0.39, 0.29) is 17.9 Å². The standard InChI is InChI=1S/C24H30O13/c1-23(32)9-15(27)24(33)6-7-34-22(20(23)24)37-21-19(31)18(30)17(29)14(36-21)10-35-16(28)5-3-11-2-4-12(25)13(26)8-11/h2-8,14-15,17-22,25-27,29-33H,9-10H2,1H3/b5-3+/t14-,15-,17-,18+,19-,20-,21+,22+,23+,24-/m1/s1. The lowest BCUT2D eigenvalue weighted by atomic mass is 9.81. The molecule has 204 valence electrons. The lowest BCUT2D eigenvalue weighted by Crippen LogP contribution is -2.62. The molecular weight excluding hydrogens is 496 g/mol. The molecule has 4 rings (SSSR count). The molecule has 1 saturated carbocycles. The highest BCUT2D eigenvalue weighted by Gasteiger charge is 2.64. The van der Waals surface area contributed by atoms with E-state index in [1.807, 2.05) is 0 Å². The van der Waals surface area contributed by atoms with E-state index in [1.165, 1.54) is 37.3 Å². The fraction of sp³-hybridized carbons (Fsp3) is 0.542.